The highest BCUT2D eigenvalue weighted by molar-refractivity contribution is 5.76. The molecule has 0 bridgehead atoms. The number of carbonyl (C=O) groups excluding carboxylic acids is 1. The molecule has 1 aromatic carbocycles. The van der Waals surface area contributed by atoms with E-state index in [1.165, 1.54) is 7.11 Å². The second kappa shape index (κ2) is 8.12. The number of hydrogen-bond acceptors (Lipinski definition) is 7. The van der Waals surface area contributed by atoms with Gasteiger partial charge in [0.25, 0.3) is 0 Å². The van der Waals surface area contributed by atoms with Crippen LogP contribution in [-0.4, -0.2) is 61.1 Å². The van der Waals surface area contributed by atoms with Crippen molar-refractivity contribution in [1.29, 1.82) is 0 Å². The second-order valence-corrected chi connectivity index (χ2v) is 10.0. The maximum absolute atomic E-state index is 13.1. The lowest BCUT2D eigenvalue weighted by molar-refractivity contribution is -0.243. The fourth-order valence-corrected chi connectivity index (χ4v) is 6.67. The zero-order valence-electron chi connectivity index (χ0n) is 18.9. The van der Waals surface area contributed by atoms with Crippen molar-refractivity contribution in [3.8, 4) is 0 Å². The molecule has 3 fully saturated rings. The fourth-order valence-electron chi connectivity index (χ4n) is 6.67. The van der Waals surface area contributed by atoms with Gasteiger partial charge >= 0.3 is 5.97 Å². The molecule has 2 N–H and O–H groups in total. The van der Waals surface area contributed by atoms with E-state index >= 15 is 0 Å². The smallest absolute Gasteiger partial charge is 0.340 e. The lowest BCUT2D eigenvalue weighted by Gasteiger charge is -2.60. The highest BCUT2D eigenvalue weighted by atomic mass is 16.7. The van der Waals surface area contributed by atoms with Crippen LogP contribution in [0.15, 0.2) is 30.3 Å². The molecule has 1 aliphatic heterocycles. The van der Waals surface area contributed by atoms with E-state index < -0.39 is 48.0 Å². The minimum atomic E-state index is -1.25. The molecule has 1 saturated heterocycles. The number of aliphatic hydroxyl groups is 2. The minimum absolute atomic E-state index is 0.142. The van der Waals surface area contributed by atoms with Crippen molar-refractivity contribution in [3.63, 3.8) is 0 Å². The van der Waals surface area contributed by atoms with Crippen LogP contribution in [0.2, 0.25) is 0 Å². The summed E-state index contributed by atoms with van der Waals surface area (Å²) in [5.74, 6) is -1.25. The molecule has 172 valence electrons. The molecule has 0 amide bonds. The Labute approximate surface area is 183 Å². The number of carbonyl (C=O) groups is 1. The van der Waals surface area contributed by atoms with Gasteiger partial charge in [-0.2, -0.15) is 0 Å². The van der Waals surface area contributed by atoms with Crippen LogP contribution in [0.3, 0.4) is 0 Å². The molecular formula is C24H34O7. The summed E-state index contributed by atoms with van der Waals surface area (Å²) in [6, 6.07) is 9.07. The maximum atomic E-state index is 13.1. The number of aliphatic hydroxyl groups excluding tert-OH is 2. The van der Waals surface area contributed by atoms with Crippen molar-refractivity contribution in [2.75, 3.05) is 14.2 Å². The third kappa shape index (κ3) is 3.42. The topological polar surface area (TPSA) is 94.5 Å². The van der Waals surface area contributed by atoms with E-state index in [2.05, 4.69) is 20.8 Å². The Morgan fingerprint density at radius 3 is 2.42 bits per heavy atom. The molecule has 2 saturated carbocycles. The molecular weight excluding hydrogens is 400 g/mol. The quantitative estimate of drug-likeness (QED) is 0.688. The summed E-state index contributed by atoms with van der Waals surface area (Å²) in [7, 11) is 3.00. The van der Waals surface area contributed by atoms with Gasteiger partial charge in [-0.3, -0.25) is 0 Å². The van der Waals surface area contributed by atoms with Crippen LogP contribution < -0.4 is 0 Å². The summed E-state index contributed by atoms with van der Waals surface area (Å²) < 4.78 is 23.2. The third-order valence-electron chi connectivity index (χ3n) is 7.99. The number of ether oxygens (including phenoxy) is 4. The van der Waals surface area contributed by atoms with Crippen LogP contribution in [-0.2, 0) is 23.7 Å². The first-order valence-electron chi connectivity index (χ1n) is 11.0. The lowest BCUT2D eigenvalue weighted by atomic mass is 9.46. The summed E-state index contributed by atoms with van der Waals surface area (Å²) in [5.41, 5.74) is -0.0572. The molecule has 9 atom stereocenters. The Hall–Kier alpha value is -1.51. The van der Waals surface area contributed by atoms with E-state index in [9.17, 15) is 15.0 Å². The van der Waals surface area contributed by atoms with E-state index in [1.807, 2.05) is 18.2 Å². The summed E-state index contributed by atoms with van der Waals surface area (Å²) in [5, 5.41) is 22.4. The van der Waals surface area contributed by atoms with Gasteiger partial charge in [0.1, 0.15) is 12.2 Å². The lowest BCUT2D eigenvalue weighted by Crippen LogP contribution is -2.68. The minimum Gasteiger partial charge on any atom is -0.457 e. The second-order valence-electron chi connectivity index (χ2n) is 10.0. The van der Waals surface area contributed by atoms with Crippen molar-refractivity contribution < 1.29 is 34.0 Å². The van der Waals surface area contributed by atoms with Crippen molar-refractivity contribution in [2.45, 2.75) is 70.4 Å². The molecule has 0 unspecified atom stereocenters. The molecule has 7 heteroatoms. The third-order valence-corrected chi connectivity index (χ3v) is 7.99. The zero-order chi connectivity index (χ0) is 22.6. The van der Waals surface area contributed by atoms with Gasteiger partial charge in [0, 0.05) is 25.6 Å². The highest BCUT2D eigenvalue weighted by Crippen LogP contribution is 2.65. The van der Waals surface area contributed by atoms with Gasteiger partial charge in [-0.05, 0) is 23.8 Å². The number of methoxy groups -OCH3 is 2. The van der Waals surface area contributed by atoms with Crippen molar-refractivity contribution in [2.24, 2.45) is 22.7 Å². The van der Waals surface area contributed by atoms with E-state index in [0.717, 1.165) is 12.8 Å². The number of hydrogen-bond donors (Lipinski definition) is 2. The average molecular weight is 435 g/mol. The van der Waals surface area contributed by atoms with Crippen LogP contribution in [0, 0.1) is 22.7 Å². The maximum Gasteiger partial charge on any atom is 0.340 e. The molecule has 3 aliphatic rings. The molecule has 0 radical (unpaired) electrons. The molecule has 31 heavy (non-hydrogen) atoms. The average Bonchev–Trinajstić information content (AvgIpc) is 3.03. The van der Waals surface area contributed by atoms with E-state index in [1.54, 1.807) is 19.2 Å². The first-order chi connectivity index (χ1) is 14.7. The van der Waals surface area contributed by atoms with Gasteiger partial charge in [-0.1, -0.05) is 51.1 Å². The standard InChI is InChI=1S/C24H34O7/c1-23(2)12-11-14-24(3)15(22(29-5)30-14)19(16(25)17(26)20(23)24)31-21(27)18(28-4)13-9-7-6-8-10-13/h6-10,14-20,22,25-26H,11-12H2,1-5H3/t14-,15-,16-,17+,18+,19-,20-,22+,24+/m0/s1. The van der Waals surface area contributed by atoms with Gasteiger partial charge in [0.05, 0.1) is 18.1 Å². The molecule has 7 nitrogen and oxygen atoms in total. The monoisotopic (exact) mass is 434 g/mol. The van der Waals surface area contributed by atoms with Gasteiger partial charge in [-0.25, -0.2) is 4.79 Å². The number of benzene rings is 1. The first kappa shape index (κ1) is 22.7. The Morgan fingerprint density at radius 1 is 1.13 bits per heavy atom. The Morgan fingerprint density at radius 2 is 1.81 bits per heavy atom. The van der Waals surface area contributed by atoms with Gasteiger partial charge < -0.3 is 29.2 Å². The Kier molecular flexibility index (Phi) is 5.94. The summed E-state index contributed by atoms with van der Waals surface area (Å²) in [6.45, 7) is 6.32. The first-order valence-corrected chi connectivity index (χ1v) is 11.0. The van der Waals surface area contributed by atoms with Crippen molar-refractivity contribution in [1.82, 2.24) is 0 Å². The molecule has 0 aromatic heterocycles. The van der Waals surface area contributed by atoms with Gasteiger partial charge in [0.15, 0.2) is 12.4 Å². The predicted octanol–water partition coefficient (Wildman–Crippen LogP) is 2.45. The SMILES string of the molecule is CO[C@@H]1O[C@H]2CCC(C)(C)[C@@H]3[C@H](O)[C@H](O)[C@@H](OC(=O)[C@H](OC)c4ccccc4)[C@@H]1[C@@]23C. The van der Waals surface area contributed by atoms with Crippen LogP contribution in [0.25, 0.3) is 0 Å². The predicted molar refractivity (Wildman–Crippen MR) is 112 cm³/mol. The van der Waals surface area contributed by atoms with Crippen molar-refractivity contribution in [3.05, 3.63) is 35.9 Å². The van der Waals surface area contributed by atoms with E-state index in [0.29, 0.717) is 5.56 Å². The zero-order valence-corrected chi connectivity index (χ0v) is 18.9. The van der Waals surface area contributed by atoms with Crippen molar-refractivity contribution >= 4 is 5.97 Å². The van der Waals surface area contributed by atoms with Crippen LogP contribution in [0.1, 0.15) is 45.3 Å². The molecule has 4 rings (SSSR count). The fraction of sp³-hybridized carbons (Fsp3) is 0.708. The molecule has 1 aromatic rings. The summed E-state index contributed by atoms with van der Waals surface area (Å²) in [6.07, 6.45) is -3.29. The summed E-state index contributed by atoms with van der Waals surface area (Å²) in [4.78, 5) is 13.1. The normalized spacial score (nSPS) is 42.0. The van der Waals surface area contributed by atoms with E-state index in [-0.39, 0.29) is 17.4 Å². The Balaban J connectivity index is 1.69. The number of rotatable bonds is 5. The van der Waals surface area contributed by atoms with E-state index in [4.69, 9.17) is 18.9 Å². The van der Waals surface area contributed by atoms with Crippen LogP contribution in [0.5, 0.6) is 0 Å². The molecule has 0 spiro atoms. The molecule has 1 heterocycles. The highest BCUT2D eigenvalue weighted by Gasteiger charge is 2.71. The largest absolute Gasteiger partial charge is 0.457 e. The van der Waals surface area contributed by atoms with Crippen LogP contribution in [0.4, 0.5) is 0 Å². The Bertz CT molecular complexity index is 796. The summed E-state index contributed by atoms with van der Waals surface area (Å²) >= 11 is 0. The van der Waals surface area contributed by atoms with Gasteiger partial charge in [0.2, 0.25) is 0 Å². The number of esters is 1. The van der Waals surface area contributed by atoms with Crippen LogP contribution >= 0.6 is 0 Å². The van der Waals surface area contributed by atoms with Gasteiger partial charge in [-0.15, -0.1) is 0 Å². The molecule has 2 aliphatic carbocycles.